The van der Waals surface area contributed by atoms with Gasteiger partial charge in [-0.05, 0) is 22.0 Å². The van der Waals surface area contributed by atoms with Crippen molar-refractivity contribution in [1.29, 1.82) is 0 Å². The molecule has 1 amide bonds. The maximum Gasteiger partial charge on any atom is 0.250 e. The van der Waals surface area contributed by atoms with Crippen LogP contribution in [0.5, 0.6) is 0 Å². The van der Waals surface area contributed by atoms with Crippen molar-refractivity contribution in [2.24, 2.45) is 0 Å². The van der Waals surface area contributed by atoms with Gasteiger partial charge in [0.15, 0.2) is 0 Å². The molecule has 0 spiro atoms. The van der Waals surface area contributed by atoms with E-state index in [9.17, 15) is 9.59 Å². The van der Waals surface area contributed by atoms with E-state index in [0.717, 1.165) is 17.6 Å². The van der Waals surface area contributed by atoms with Crippen LogP contribution in [0.3, 0.4) is 0 Å². The summed E-state index contributed by atoms with van der Waals surface area (Å²) in [5, 5.41) is 0. The Morgan fingerprint density at radius 3 is 2.67 bits per heavy atom. The Morgan fingerprint density at radius 2 is 2.00 bits per heavy atom. The minimum absolute atomic E-state index is 0.0854. The van der Waals surface area contributed by atoms with Crippen molar-refractivity contribution in [2.45, 2.75) is 13.0 Å². The molecule has 0 aliphatic carbocycles. The largest absolute Gasteiger partial charge is 0.340 e. The number of carbonyl (C=O) groups excluding carboxylic acids is 1. The van der Waals surface area contributed by atoms with Crippen molar-refractivity contribution in [3.8, 4) is 12.3 Å². The topological polar surface area (TPSA) is 45.5 Å². The fourth-order valence-corrected chi connectivity index (χ4v) is 2.71. The van der Waals surface area contributed by atoms with Crippen LogP contribution in [0.2, 0.25) is 0 Å². The van der Waals surface area contributed by atoms with Crippen LogP contribution in [-0.2, 0) is 11.3 Å². The molecule has 2 rings (SSSR count). The van der Waals surface area contributed by atoms with Gasteiger partial charge in [0.2, 0.25) is 5.91 Å². The quantitative estimate of drug-likeness (QED) is 0.753. The van der Waals surface area contributed by atoms with Crippen LogP contribution in [0.4, 0.5) is 0 Å². The van der Waals surface area contributed by atoms with Crippen LogP contribution in [-0.4, -0.2) is 53.0 Å². The zero-order valence-corrected chi connectivity index (χ0v) is 13.4. The zero-order valence-electron chi connectivity index (χ0n) is 11.8. The number of aromatic nitrogens is 1. The zero-order chi connectivity index (χ0) is 15.2. The van der Waals surface area contributed by atoms with Gasteiger partial charge in [-0.25, -0.2) is 0 Å². The summed E-state index contributed by atoms with van der Waals surface area (Å²) < 4.78 is 2.38. The molecule has 112 valence electrons. The molecule has 1 saturated heterocycles. The number of nitrogens with zero attached hydrogens (tertiary/aromatic N) is 3. The van der Waals surface area contributed by atoms with E-state index in [1.807, 2.05) is 4.90 Å². The average molecular weight is 352 g/mol. The monoisotopic (exact) mass is 351 g/mol. The van der Waals surface area contributed by atoms with Crippen LogP contribution in [0.1, 0.15) is 6.42 Å². The Labute approximate surface area is 132 Å². The first-order chi connectivity index (χ1) is 10.1. The van der Waals surface area contributed by atoms with E-state index in [0.29, 0.717) is 32.6 Å². The van der Waals surface area contributed by atoms with E-state index in [-0.39, 0.29) is 11.5 Å². The van der Waals surface area contributed by atoms with Crippen molar-refractivity contribution >= 4 is 21.8 Å². The summed E-state index contributed by atoms with van der Waals surface area (Å²) in [6.07, 6.45) is 7.33. The molecule has 1 aromatic heterocycles. The molecule has 21 heavy (non-hydrogen) atoms. The summed E-state index contributed by atoms with van der Waals surface area (Å²) in [6.45, 7) is 4.07. The van der Waals surface area contributed by atoms with Gasteiger partial charge in [0.1, 0.15) is 0 Å². The second-order valence-electron chi connectivity index (χ2n) is 4.99. The minimum Gasteiger partial charge on any atom is -0.340 e. The van der Waals surface area contributed by atoms with Crippen LogP contribution >= 0.6 is 15.9 Å². The SMILES string of the molecule is C#CCN1CCN(C(=O)CCn2cc(Br)ccc2=O)CC1. The van der Waals surface area contributed by atoms with E-state index in [1.54, 1.807) is 16.8 Å². The summed E-state index contributed by atoms with van der Waals surface area (Å²) in [6, 6.07) is 3.19. The number of piperazine rings is 1. The summed E-state index contributed by atoms with van der Waals surface area (Å²) >= 11 is 3.32. The lowest BCUT2D eigenvalue weighted by Crippen LogP contribution is -2.48. The fraction of sp³-hybridized carbons (Fsp3) is 0.467. The van der Waals surface area contributed by atoms with Crippen LogP contribution in [0.25, 0.3) is 0 Å². The first kappa shape index (κ1) is 15.8. The number of carbonyl (C=O) groups is 1. The summed E-state index contributed by atoms with van der Waals surface area (Å²) in [7, 11) is 0. The third-order valence-electron chi connectivity index (χ3n) is 3.55. The molecule has 0 unspecified atom stereocenters. The third kappa shape index (κ3) is 4.45. The predicted octanol–water partition coefficient (Wildman–Crippen LogP) is 0.778. The maximum atomic E-state index is 12.2. The van der Waals surface area contributed by atoms with Crippen LogP contribution in [0.15, 0.2) is 27.6 Å². The molecule has 0 aromatic carbocycles. The molecule has 1 aromatic rings. The Kier molecular flexibility index (Phi) is 5.59. The van der Waals surface area contributed by atoms with E-state index >= 15 is 0 Å². The molecule has 1 aliphatic heterocycles. The molecule has 6 heteroatoms. The first-order valence-corrected chi connectivity index (χ1v) is 7.69. The number of terminal acetylenes is 1. The molecule has 0 N–H and O–H groups in total. The van der Waals surface area contributed by atoms with Gasteiger partial charge in [0.25, 0.3) is 5.56 Å². The number of pyridine rings is 1. The number of amides is 1. The Balaban J connectivity index is 1.84. The van der Waals surface area contributed by atoms with Gasteiger partial charge in [-0.3, -0.25) is 14.5 Å². The van der Waals surface area contributed by atoms with Crippen molar-refractivity contribution < 1.29 is 4.79 Å². The van der Waals surface area contributed by atoms with Crippen LogP contribution < -0.4 is 5.56 Å². The van der Waals surface area contributed by atoms with Gasteiger partial charge in [0.05, 0.1) is 6.54 Å². The van der Waals surface area contributed by atoms with Gasteiger partial charge in [0, 0.05) is 55.9 Å². The number of hydrogen-bond acceptors (Lipinski definition) is 3. The van der Waals surface area contributed by atoms with Crippen LogP contribution in [0, 0.1) is 12.3 Å². The highest BCUT2D eigenvalue weighted by Crippen LogP contribution is 2.07. The molecule has 0 saturated carbocycles. The smallest absolute Gasteiger partial charge is 0.250 e. The fourth-order valence-electron chi connectivity index (χ4n) is 2.34. The van der Waals surface area contributed by atoms with Gasteiger partial charge >= 0.3 is 0 Å². The Hall–Kier alpha value is -1.58. The molecular formula is C15H18BrN3O2. The molecule has 2 heterocycles. The standard InChI is InChI=1S/C15H18BrN3O2/c1-2-6-17-8-10-18(11-9-17)15(21)5-7-19-12-13(16)3-4-14(19)20/h1,3-4,12H,5-11H2. The number of rotatable bonds is 4. The predicted molar refractivity (Wildman–Crippen MR) is 84.9 cm³/mol. The first-order valence-electron chi connectivity index (χ1n) is 6.90. The third-order valence-corrected chi connectivity index (χ3v) is 4.02. The highest BCUT2D eigenvalue weighted by atomic mass is 79.9. The lowest BCUT2D eigenvalue weighted by atomic mass is 10.2. The van der Waals surface area contributed by atoms with E-state index < -0.39 is 0 Å². The summed E-state index contributed by atoms with van der Waals surface area (Å²) in [5.74, 6) is 2.71. The Bertz CT molecular complexity index is 598. The van der Waals surface area contributed by atoms with Crippen molar-refractivity contribution in [1.82, 2.24) is 14.4 Å². The average Bonchev–Trinajstić information content (AvgIpc) is 2.49. The molecule has 5 nitrogen and oxygen atoms in total. The van der Waals surface area contributed by atoms with Gasteiger partial charge < -0.3 is 9.47 Å². The molecule has 0 atom stereocenters. The van der Waals surface area contributed by atoms with Gasteiger partial charge in [-0.2, -0.15) is 0 Å². The van der Waals surface area contributed by atoms with E-state index in [4.69, 9.17) is 6.42 Å². The highest BCUT2D eigenvalue weighted by molar-refractivity contribution is 9.10. The van der Waals surface area contributed by atoms with Crippen molar-refractivity contribution in [2.75, 3.05) is 32.7 Å². The summed E-state index contributed by atoms with van der Waals surface area (Å²) in [5.41, 5.74) is -0.0927. The Morgan fingerprint density at radius 1 is 1.29 bits per heavy atom. The molecule has 0 bridgehead atoms. The van der Waals surface area contributed by atoms with E-state index in [1.165, 1.54) is 6.07 Å². The maximum absolute atomic E-state index is 12.2. The lowest BCUT2D eigenvalue weighted by molar-refractivity contribution is -0.133. The van der Waals surface area contributed by atoms with Gasteiger partial charge in [-0.1, -0.05) is 5.92 Å². The van der Waals surface area contributed by atoms with Gasteiger partial charge in [-0.15, -0.1) is 6.42 Å². The second kappa shape index (κ2) is 7.43. The van der Waals surface area contributed by atoms with E-state index in [2.05, 4.69) is 26.8 Å². The molecule has 0 radical (unpaired) electrons. The minimum atomic E-state index is -0.0927. The number of hydrogen-bond donors (Lipinski definition) is 0. The van der Waals surface area contributed by atoms with Crippen molar-refractivity contribution in [3.63, 3.8) is 0 Å². The van der Waals surface area contributed by atoms with Crippen molar-refractivity contribution in [3.05, 3.63) is 33.2 Å². The second-order valence-corrected chi connectivity index (χ2v) is 5.91. The lowest BCUT2D eigenvalue weighted by Gasteiger charge is -2.33. The normalized spacial score (nSPS) is 15.7. The molecular weight excluding hydrogens is 334 g/mol. The highest BCUT2D eigenvalue weighted by Gasteiger charge is 2.20. The number of halogens is 1. The molecule has 1 fully saturated rings. The number of aryl methyl sites for hydroxylation is 1. The molecule has 1 aliphatic rings. The summed E-state index contributed by atoms with van der Waals surface area (Å²) in [4.78, 5) is 27.8.